The third kappa shape index (κ3) is 4.00. The predicted molar refractivity (Wildman–Crippen MR) is 117 cm³/mol. The van der Waals surface area contributed by atoms with E-state index >= 15 is 0 Å². The molecule has 2 aromatic carbocycles. The van der Waals surface area contributed by atoms with Crippen molar-refractivity contribution in [2.45, 2.75) is 56.8 Å². The van der Waals surface area contributed by atoms with E-state index in [2.05, 4.69) is 18.2 Å². The van der Waals surface area contributed by atoms with Crippen molar-refractivity contribution >= 4 is 11.8 Å². The maximum Gasteiger partial charge on any atom is 0.233 e. The lowest BCUT2D eigenvalue weighted by atomic mass is 9.58. The number of hydrogen-bond donors (Lipinski definition) is 0. The van der Waals surface area contributed by atoms with Crippen LogP contribution in [0.15, 0.2) is 54.6 Å². The molecule has 2 amide bonds. The highest BCUT2D eigenvalue weighted by molar-refractivity contribution is 6.01. The van der Waals surface area contributed by atoms with E-state index in [1.54, 1.807) is 12.0 Å². The Labute approximate surface area is 179 Å². The van der Waals surface area contributed by atoms with E-state index in [1.807, 2.05) is 36.4 Å². The summed E-state index contributed by atoms with van der Waals surface area (Å²) in [4.78, 5) is 28.1. The summed E-state index contributed by atoms with van der Waals surface area (Å²) in [5.74, 6) is 0.703. The topological polar surface area (TPSA) is 46.6 Å². The van der Waals surface area contributed by atoms with Gasteiger partial charge in [0.1, 0.15) is 5.75 Å². The molecule has 4 heteroatoms. The summed E-state index contributed by atoms with van der Waals surface area (Å²) in [6, 6.07) is 18.4. The van der Waals surface area contributed by atoms with Gasteiger partial charge in [-0.3, -0.25) is 14.5 Å². The molecule has 4 rings (SSSR count). The van der Waals surface area contributed by atoms with Gasteiger partial charge in [-0.2, -0.15) is 0 Å². The Kier molecular flexibility index (Phi) is 6.21. The molecule has 0 radical (unpaired) electrons. The van der Waals surface area contributed by atoms with Gasteiger partial charge in [0.25, 0.3) is 0 Å². The molecule has 2 aliphatic rings. The number of fused-ring (bicyclic) bond motifs is 1. The summed E-state index contributed by atoms with van der Waals surface area (Å²) in [5, 5.41) is 0. The highest BCUT2D eigenvalue weighted by atomic mass is 16.5. The number of unbranched alkanes of at least 4 members (excludes halogenated alkanes) is 1. The van der Waals surface area contributed by atoms with Crippen molar-refractivity contribution in [3.8, 4) is 5.75 Å². The van der Waals surface area contributed by atoms with Crippen LogP contribution in [0.25, 0.3) is 0 Å². The monoisotopic (exact) mass is 405 g/mol. The van der Waals surface area contributed by atoms with Crippen LogP contribution in [-0.4, -0.2) is 30.4 Å². The average molecular weight is 406 g/mol. The Morgan fingerprint density at radius 1 is 1.03 bits per heavy atom. The number of amides is 2. The molecule has 4 nitrogen and oxygen atoms in total. The van der Waals surface area contributed by atoms with E-state index in [9.17, 15) is 9.59 Å². The summed E-state index contributed by atoms with van der Waals surface area (Å²) in [5.41, 5.74) is 2.01. The molecule has 1 heterocycles. The van der Waals surface area contributed by atoms with Gasteiger partial charge in [0, 0.05) is 24.3 Å². The normalized spacial score (nSPS) is 23.9. The summed E-state index contributed by atoms with van der Waals surface area (Å²) in [6.07, 6.45) is 7.11. The standard InChI is InChI=1S/C26H31NO3/c1-30-22-14-9-13-21(18-22)26-16-7-5-15-23(26)25(29)27(24(28)19-26)17-8-6-12-20-10-3-2-4-11-20/h2-4,9-11,13-14,18,23H,5-8,12,15-17,19H2,1H3. The summed E-state index contributed by atoms with van der Waals surface area (Å²) < 4.78 is 5.42. The smallest absolute Gasteiger partial charge is 0.233 e. The number of carbonyl (C=O) groups excluding carboxylic acids is 2. The number of carbonyl (C=O) groups is 2. The number of benzene rings is 2. The molecule has 158 valence electrons. The van der Waals surface area contributed by atoms with Gasteiger partial charge in [0.2, 0.25) is 11.8 Å². The number of ether oxygens (including phenoxy) is 1. The van der Waals surface area contributed by atoms with Crippen molar-refractivity contribution in [3.63, 3.8) is 0 Å². The maximum absolute atomic E-state index is 13.4. The number of rotatable bonds is 7. The predicted octanol–water partition coefficient (Wildman–Crippen LogP) is 4.91. The summed E-state index contributed by atoms with van der Waals surface area (Å²) in [7, 11) is 1.66. The highest BCUT2D eigenvalue weighted by Crippen LogP contribution is 2.50. The molecule has 1 aliphatic heterocycles. The molecule has 0 bridgehead atoms. The zero-order valence-electron chi connectivity index (χ0n) is 17.8. The number of aryl methyl sites for hydroxylation is 1. The number of hydrogen-bond acceptors (Lipinski definition) is 3. The fourth-order valence-electron chi connectivity index (χ4n) is 5.35. The van der Waals surface area contributed by atoms with Crippen LogP contribution in [-0.2, 0) is 21.4 Å². The summed E-state index contributed by atoms with van der Waals surface area (Å²) >= 11 is 0. The molecule has 2 atom stereocenters. The van der Waals surface area contributed by atoms with E-state index in [1.165, 1.54) is 5.56 Å². The Morgan fingerprint density at radius 3 is 2.67 bits per heavy atom. The van der Waals surface area contributed by atoms with Gasteiger partial charge in [-0.15, -0.1) is 0 Å². The minimum absolute atomic E-state index is 0.0133. The van der Waals surface area contributed by atoms with Crippen LogP contribution >= 0.6 is 0 Å². The van der Waals surface area contributed by atoms with Gasteiger partial charge < -0.3 is 4.74 Å². The molecule has 2 aromatic rings. The van der Waals surface area contributed by atoms with Crippen molar-refractivity contribution < 1.29 is 14.3 Å². The first kappa shape index (κ1) is 20.6. The van der Waals surface area contributed by atoms with Gasteiger partial charge in [0.15, 0.2) is 0 Å². The van der Waals surface area contributed by atoms with Crippen molar-refractivity contribution in [2.75, 3.05) is 13.7 Å². The third-order valence-electron chi connectivity index (χ3n) is 6.95. The first-order valence-electron chi connectivity index (χ1n) is 11.2. The lowest BCUT2D eigenvalue weighted by molar-refractivity contribution is -0.158. The zero-order valence-corrected chi connectivity index (χ0v) is 17.8. The Morgan fingerprint density at radius 2 is 1.87 bits per heavy atom. The van der Waals surface area contributed by atoms with Gasteiger partial charge in [-0.25, -0.2) is 0 Å². The lowest BCUT2D eigenvalue weighted by Crippen LogP contribution is -2.57. The zero-order chi connectivity index (χ0) is 21.0. The van der Waals surface area contributed by atoms with E-state index in [0.717, 1.165) is 56.3 Å². The van der Waals surface area contributed by atoms with E-state index in [0.29, 0.717) is 13.0 Å². The SMILES string of the molecule is COc1cccc(C23CCCCC2C(=O)N(CCCCc2ccccc2)C(=O)C3)c1. The molecule has 0 aromatic heterocycles. The van der Waals surface area contributed by atoms with Crippen LogP contribution in [0.5, 0.6) is 5.75 Å². The molecule has 1 saturated carbocycles. The minimum atomic E-state index is -0.374. The molecule has 2 fully saturated rings. The van der Waals surface area contributed by atoms with Crippen LogP contribution < -0.4 is 4.74 Å². The third-order valence-corrected chi connectivity index (χ3v) is 6.95. The first-order chi connectivity index (χ1) is 14.6. The molecule has 0 N–H and O–H groups in total. The molecular weight excluding hydrogens is 374 g/mol. The molecule has 1 saturated heterocycles. The van der Waals surface area contributed by atoms with Crippen LogP contribution in [0.4, 0.5) is 0 Å². The largest absolute Gasteiger partial charge is 0.497 e. The van der Waals surface area contributed by atoms with Crippen molar-refractivity contribution in [1.82, 2.24) is 4.90 Å². The average Bonchev–Trinajstić information content (AvgIpc) is 2.79. The minimum Gasteiger partial charge on any atom is -0.497 e. The second-order valence-corrected chi connectivity index (χ2v) is 8.69. The Balaban J connectivity index is 1.47. The van der Waals surface area contributed by atoms with Crippen LogP contribution in [0.3, 0.4) is 0 Å². The molecule has 0 spiro atoms. The second-order valence-electron chi connectivity index (χ2n) is 8.69. The number of imide groups is 1. The second kappa shape index (κ2) is 9.03. The first-order valence-corrected chi connectivity index (χ1v) is 11.2. The fraction of sp³-hybridized carbons (Fsp3) is 0.462. The Hall–Kier alpha value is -2.62. The van der Waals surface area contributed by atoms with Crippen LogP contribution in [0, 0.1) is 5.92 Å². The van der Waals surface area contributed by atoms with Crippen molar-refractivity contribution in [2.24, 2.45) is 5.92 Å². The molecule has 30 heavy (non-hydrogen) atoms. The maximum atomic E-state index is 13.4. The van der Waals surface area contributed by atoms with Crippen molar-refractivity contribution in [1.29, 1.82) is 0 Å². The number of piperidine rings is 1. The number of nitrogens with zero attached hydrogens (tertiary/aromatic N) is 1. The molecule has 1 aliphatic carbocycles. The molecular formula is C26H31NO3. The molecule has 2 unspecified atom stereocenters. The number of likely N-dealkylation sites (tertiary alicyclic amines) is 1. The van der Waals surface area contributed by atoms with Gasteiger partial charge in [-0.1, -0.05) is 55.3 Å². The van der Waals surface area contributed by atoms with E-state index < -0.39 is 0 Å². The summed E-state index contributed by atoms with van der Waals surface area (Å²) in [6.45, 7) is 0.537. The number of methoxy groups -OCH3 is 1. The quantitative estimate of drug-likeness (QED) is 0.486. The fourth-order valence-corrected chi connectivity index (χ4v) is 5.35. The lowest BCUT2D eigenvalue weighted by Gasteiger charge is -2.49. The van der Waals surface area contributed by atoms with Crippen LogP contribution in [0.2, 0.25) is 0 Å². The van der Waals surface area contributed by atoms with Crippen molar-refractivity contribution in [3.05, 3.63) is 65.7 Å². The van der Waals surface area contributed by atoms with Gasteiger partial charge >= 0.3 is 0 Å². The van der Waals surface area contributed by atoms with E-state index in [4.69, 9.17) is 4.74 Å². The van der Waals surface area contributed by atoms with Crippen LogP contribution in [0.1, 0.15) is 56.1 Å². The highest BCUT2D eigenvalue weighted by Gasteiger charge is 2.53. The Bertz CT molecular complexity index is 894. The van der Waals surface area contributed by atoms with Gasteiger partial charge in [-0.05, 0) is 55.4 Å². The van der Waals surface area contributed by atoms with E-state index in [-0.39, 0.29) is 23.1 Å². The van der Waals surface area contributed by atoms with Gasteiger partial charge in [0.05, 0.1) is 7.11 Å².